The maximum absolute atomic E-state index is 12.3. The van der Waals surface area contributed by atoms with E-state index in [-0.39, 0.29) is 18.4 Å². The van der Waals surface area contributed by atoms with Crippen LogP contribution in [0.4, 0.5) is 0 Å². The Morgan fingerprint density at radius 1 is 1.26 bits per heavy atom. The summed E-state index contributed by atoms with van der Waals surface area (Å²) >= 11 is 0. The Hall–Kier alpha value is -3.49. The van der Waals surface area contributed by atoms with E-state index in [0.717, 1.165) is 0 Å². The number of carbonyl (C=O) groups excluding carboxylic acids is 1. The van der Waals surface area contributed by atoms with Crippen molar-refractivity contribution in [3.8, 4) is 23.0 Å². The molecule has 1 fully saturated rings. The lowest BCUT2D eigenvalue weighted by Crippen LogP contribution is -2.50. The first-order valence-electron chi connectivity index (χ1n) is 8.38. The van der Waals surface area contributed by atoms with Crippen molar-refractivity contribution in [1.29, 1.82) is 0 Å². The maximum atomic E-state index is 12.3. The zero-order valence-electron chi connectivity index (χ0n) is 14.6. The quantitative estimate of drug-likeness (QED) is 0.646. The van der Waals surface area contributed by atoms with Crippen molar-refractivity contribution in [2.75, 3.05) is 26.8 Å². The fraction of sp³-hybridized carbons (Fsp3) is 0.278. The predicted octanol–water partition coefficient (Wildman–Crippen LogP) is 1.54. The molecule has 1 saturated heterocycles. The molecule has 1 aliphatic heterocycles. The summed E-state index contributed by atoms with van der Waals surface area (Å²) < 4.78 is 16.1. The van der Waals surface area contributed by atoms with Crippen molar-refractivity contribution < 1.29 is 18.8 Å². The Bertz CT molecular complexity index is 924. The van der Waals surface area contributed by atoms with E-state index >= 15 is 0 Å². The number of carbonyl (C=O) groups is 1. The third kappa shape index (κ3) is 3.57. The van der Waals surface area contributed by atoms with Crippen LogP contribution in [-0.4, -0.2) is 57.7 Å². The molecular weight excluding hydrogens is 350 g/mol. The van der Waals surface area contributed by atoms with Crippen LogP contribution in [0.5, 0.6) is 11.5 Å². The molecule has 0 N–H and O–H groups in total. The van der Waals surface area contributed by atoms with Crippen LogP contribution in [0.2, 0.25) is 0 Å². The second-order valence-electron chi connectivity index (χ2n) is 5.98. The molecule has 0 radical (unpaired) electrons. The lowest BCUT2D eigenvalue weighted by molar-refractivity contribution is -0.138. The molecule has 0 bridgehead atoms. The van der Waals surface area contributed by atoms with Gasteiger partial charge in [0.2, 0.25) is 11.7 Å². The van der Waals surface area contributed by atoms with Gasteiger partial charge >= 0.3 is 0 Å². The summed E-state index contributed by atoms with van der Waals surface area (Å²) in [4.78, 5) is 26.4. The van der Waals surface area contributed by atoms with Gasteiger partial charge in [-0.3, -0.25) is 9.78 Å². The topological polar surface area (TPSA) is 103 Å². The summed E-state index contributed by atoms with van der Waals surface area (Å²) in [6.45, 7) is 0.966. The molecule has 9 heteroatoms. The van der Waals surface area contributed by atoms with Gasteiger partial charge in [-0.05, 0) is 12.1 Å². The zero-order valence-corrected chi connectivity index (χ0v) is 14.6. The second-order valence-corrected chi connectivity index (χ2v) is 5.98. The van der Waals surface area contributed by atoms with Crippen LogP contribution in [0.3, 0.4) is 0 Å². The molecular formula is C18H17N5O4. The fourth-order valence-electron chi connectivity index (χ4n) is 2.73. The summed E-state index contributed by atoms with van der Waals surface area (Å²) in [5.41, 5.74) is 0.546. The van der Waals surface area contributed by atoms with Crippen molar-refractivity contribution in [3.63, 3.8) is 0 Å². The highest BCUT2D eigenvalue weighted by atomic mass is 16.5. The third-order valence-corrected chi connectivity index (χ3v) is 4.24. The Labute approximate surface area is 155 Å². The number of nitrogens with zero attached hydrogens (tertiary/aromatic N) is 5. The van der Waals surface area contributed by atoms with Crippen LogP contribution < -0.4 is 9.47 Å². The first-order valence-corrected chi connectivity index (χ1v) is 8.38. The molecule has 1 aliphatic rings. The van der Waals surface area contributed by atoms with Crippen molar-refractivity contribution in [2.45, 2.75) is 5.92 Å². The van der Waals surface area contributed by atoms with Crippen LogP contribution >= 0.6 is 0 Å². The molecule has 27 heavy (non-hydrogen) atoms. The smallest absolute Gasteiger partial charge is 0.260 e. The molecule has 0 saturated carbocycles. The number of ether oxygens (including phenoxy) is 2. The summed E-state index contributed by atoms with van der Waals surface area (Å²) in [5, 5.41) is 3.92. The number of rotatable bonds is 6. The number of benzene rings is 1. The van der Waals surface area contributed by atoms with Crippen LogP contribution in [0.25, 0.3) is 11.5 Å². The molecule has 2 aromatic heterocycles. The Kier molecular flexibility index (Phi) is 4.65. The van der Waals surface area contributed by atoms with E-state index in [2.05, 4.69) is 20.1 Å². The van der Waals surface area contributed by atoms with Crippen LogP contribution in [0.1, 0.15) is 11.8 Å². The molecule has 9 nitrogen and oxygen atoms in total. The lowest BCUT2D eigenvalue weighted by Gasteiger charge is -2.36. The summed E-state index contributed by atoms with van der Waals surface area (Å²) in [7, 11) is 1.56. The molecule has 3 heterocycles. The largest absolute Gasteiger partial charge is 0.493 e. The Morgan fingerprint density at radius 2 is 2.07 bits per heavy atom. The van der Waals surface area contributed by atoms with Crippen molar-refractivity contribution >= 4 is 5.91 Å². The predicted molar refractivity (Wildman–Crippen MR) is 93.1 cm³/mol. The zero-order chi connectivity index (χ0) is 18.6. The van der Waals surface area contributed by atoms with Gasteiger partial charge in [0.05, 0.1) is 19.2 Å². The van der Waals surface area contributed by atoms with Gasteiger partial charge in [-0.2, -0.15) is 4.98 Å². The van der Waals surface area contributed by atoms with E-state index in [0.29, 0.717) is 42.0 Å². The van der Waals surface area contributed by atoms with Crippen LogP contribution in [0, 0.1) is 0 Å². The highest BCUT2D eigenvalue weighted by Crippen LogP contribution is 2.28. The molecule has 1 aromatic carbocycles. The number of aromatic nitrogens is 4. The fourth-order valence-corrected chi connectivity index (χ4v) is 2.73. The normalized spacial score (nSPS) is 13.9. The van der Waals surface area contributed by atoms with Crippen LogP contribution in [-0.2, 0) is 4.79 Å². The van der Waals surface area contributed by atoms with Gasteiger partial charge in [-0.15, -0.1) is 0 Å². The summed E-state index contributed by atoms with van der Waals surface area (Å²) in [5.74, 6) is 1.92. The molecule has 0 unspecified atom stereocenters. The molecule has 0 atom stereocenters. The van der Waals surface area contributed by atoms with Crippen molar-refractivity contribution in [1.82, 2.24) is 25.0 Å². The molecule has 4 rings (SSSR count). The van der Waals surface area contributed by atoms with E-state index < -0.39 is 0 Å². The van der Waals surface area contributed by atoms with Gasteiger partial charge in [-0.25, -0.2) is 4.98 Å². The standard InChI is InChI=1S/C18H17N5O4/c1-25-14-4-2-3-5-15(14)26-11-16(24)23-9-12(10-23)18-21-17(22-27-18)13-8-19-6-7-20-13/h2-8,12H,9-11H2,1H3. The minimum absolute atomic E-state index is 0.0122. The monoisotopic (exact) mass is 367 g/mol. The molecule has 0 spiro atoms. The van der Waals surface area contributed by atoms with Crippen molar-refractivity contribution in [2.24, 2.45) is 0 Å². The molecule has 3 aromatic rings. The first-order chi connectivity index (χ1) is 13.2. The van der Waals surface area contributed by atoms with Gasteiger partial charge in [0.15, 0.2) is 18.1 Å². The highest BCUT2D eigenvalue weighted by Gasteiger charge is 2.36. The molecule has 138 valence electrons. The maximum Gasteiger partial charge on any atom is 0.260 e. The number of para-hydroxylation sites is 2. The molecule has 0 aliphatic carbocycles. The average Bonchev–Trinajstić information content (AvgIpc) is 3.16. The van der Waals surface area contributed by atoms with Crippen LogP contribution in [0.15, 0.2) is 47.4 Å². The number of hydrogen-bond acceptors (Lipinski definition) is 8. The van der Waals surface area contributed by atoms with E-state index in [1.165, 1.54) is 0 Å². The highest BCUT2D eigenvalue weighted by molar-refractivity contribution is 5.79. The van der Waals surface area contributed by atoms with E-state index in [4.69, 9.17) is 14.0 Å². The number of hydrogen-bond donors (Lipinski definition) is 0. The van der Waals surface area contributed by atoms with Crippen molar-refractivity contribution in [3.05, 3.63) is 48.7 Å². The lowest BCUT2D eigenvalue weighted by atomic mass is 10.0. The van der Waals surface area contributed by atoms with Gasteiger partial charge in [0.1, 0.15) is 5.69 Å². The third-order valence-electron chi connectivity index (χ3n) is 4.24. The number of likely N-dealkylation sites (tertiary alicyclic amines) is 1. The second kappa shape index (κ2) is 7.40. The SMILES string of the molecule is COc1ccccc1OCC(=O)N1CC(c2nc(-c3cnccn3)no2)C1. The Balaban J connectivity index is 1.30. The first kappa shape index (κ1) is 17.0. The van der Waals surface area contributed by atoms with Gasteiger partial charge < -0.3 is 18.9 Å². The summed E-state index contributed by atoms with van der Waals surface area (Å²) in [6, 6.07) is 7.21. The van der Waals surface area contributed by atoms with Gasteiger partial charge in [0, 0.05) is 25.5 Å². The van der Waals surface area contributed by atoms with E-state index in [1.807, 2.05) is 12.1 Å². The van der Waals surface area contributed by atoms with Gasteiger partial charge in [-0.1, -0.05) is 17.3 Å². The summed E-state index contributed by atoms with van der Waals surface area (Å²) in [6.07, 6.45) is 4.71. The number of methoxy groups -OCH3 is 1. The van der Waals surface area contributed by atoms with E-state index in [9.17, 15) is 4.79 Å². The Morgan fingerprint density at radius 3 is 2.81 bits per heavy atom. The average molecular weight is 367 g/mol. The molecule has 1 amide bonds. The minimum Gasteiger partial charge on any atom is -0.493 e. The van der Waals surface area contributed by atoms with E-state index in [1.54, 1.807) is 42.7 Å². The van der Waals surface area contributed by atoms with Gasteiger partial charge in [0.25, 0.3) is 5.91 Å². The number of amides is 1. The minimum atomic E-state index is -0.106.